The number of methoxy groups -OCH3 is 1. The van der Waals surface area contributed by atoms with Crippen LogP contribution < -0.4 is 5.43 Å². The van der Waals surface area contributed by atoms with E-state index in [2.05, 4.69) is 6.58 Å². The van der Waals surface area contributed by atoms with Crippen molar-refractivity contribution < 1.29 is 18.7 Å². The number of ether oxygens (including phenoxy) is 1. The van der Waals surface area contributed by atoms with E-state index in [0.29, 0.717) is 27.7 Å². The molecule has 140 valence electrons. The Hall–Kier alpha value is -3.67. The molecule has 0 saturated carbocycles. The second-order valence-corrected chi connectivity index (χ2v) is 6.43. The number of hydrogen-bond donors (Lipinski definition) is 0. The molecule has 0 fully saturated rings. The highest BCUT2D eigenvalue weighted by atomic mass is 16.5. The first kappa shape index (κ1) is 17.7. The average Bonchev–Trinajstić information content (AvgIpc) is 3.00. The Morgan fingerprint density at radius 3 is 2.57 bits per heavy atom. The lowest BCUT2D eigenvalue weighted by Crippen LogP contribution is -2.29. The molecular weight excluding hydrogens is 358 g/mol. The minimum absolute atomic E-state index is 0.0487. The molecule has 28 heavy (non-hydrogen) atoms. The molecular formula is C22H17NO5. The molecule has 6 heteroatoms. The average molecular weight is 375 g/mol. The Morgan fingerprint density at radius 2 is 1.89 bits per heavy atom. The predicted octanol–water partition coefficient (Wildman–Crippen LogP) is 3.31. The Kier molecular flexibility index (Phi) is 4.31. The number of nitrogens with zero attached hydrogens (tertiary/aromatic N) is 1. The summed E-state index contributed by atoms with van der Waals surface area (Å²) in [5, 5.41) is 0.422. The monoisotopic (exact) mass is 375 g/mol. The van der Waals surface area contributed by atoms with Crippen LogP contribution in [-0.2, 0) is 4.74 Å². The fourth-order valence-electron chi connectivity index (χ4n) is 3.56. The smallest absolute Gasteiger partial charge is 0.337 e. The van der Waals surface area contributed by atoms with Gasteiger partial charge in [-0.3, -0.25) is 9.59 Å². The molecule has 1 atom stereocenters. The fraction of sp³-hybridized carbons (Fsp3) is 0.136. The van der Waals surface area contributed by atoms with Crippen LogP contribution in [0.3, 0.4) is 0 Å². The highest BCUT2D eigenvalue weighted by molar-refractivity contribution is 5.99. The van der Waals surface area contributed by atoms with Crippen molar-refractivity contribution in [2.45, 2.75) is 6.04 Å². The van der Waals surface area contributed by atoms with E-state index in [1.807, 2.05) is 0 Å². The number of hydrogen-bond acceptors (Lipinski definition) is 5. The second kappa shape index (κ2) is 6.81. The number of benzene rings is 2. The van der Waals surface area contributed by atoms with Gasteiger partial charge in [-0.25, -0.2) is 4.79 Å². The zero-order valence-corrected chi connectivity index (χ0v) is 15.2. The molecule has 1 unspecified atom stereocenters. The van der Waals surface area contributed by atoms with Gasteiger partial charge in [-0.1, -0.05) is 30.3 Å². The highest BCUT2D eigenvalue weighted by Crippen LogP contribution is 2.38. The van der Waals surface area contributed by atoms with Gasteiger partial charge < -0.3 is 14.1 Å². The third kappa shape index (κ3) is 2.62. The van der Waals surface area contributed by atoms with Gasteiger partial charge >= 0.3 is 5.97 Å². The van der Waals surface area contributed by atoms with Gasteiger partial charge in [0.1, 0.15) is 5.58 Å². The molecule has 0 aliphatic carbocycles. The van der Waals surface area contributed by atoms with Crippen LogP contribution in [0.25, 0.3) is 11.0 Å². The molecule has 1 amide bonds. The minimum atomic E-state index is -0.618. The summed E-state index contributed by atoms with van der Waals surface area (Å²) in [6.07, 6.45) is 1.60. The van der Waals surface area contributed by atoms with E-state index < -0.39 is 12.0 Å². The zero-order chi connectivity index (χ0) is 19.8. The molecule has 1 aromatic heterocycles. The van der Waals surface area contributed by atoms with Gasteiger partial charge in [0.15, 0.2) is 5.43 Å². The number of rotatable bonds is 4. The molecule has 0 bridgehead atoms. The van der Waals surface area contributed by atoms with Crippen molar-refractivity contribution in [2.75, 3.05) is 13.7 Å². The maximum absolute atomic E-state index is 13.2. The maximum Gasteiger partial charge on any atom is 0.337 e. The van der Waals surface area contributed by atoms with Crippen LogP contribution in [-0.4, -0.2) is 30.4 Å². The molecule has 2 aromatic carbocycles. The van der Waals surface area contributed by atoms with Crippen LogP contribution in [0, 0.1) is 0 Å². The van der Waals surface area contributed by atoms with Crippen LogP contribution >= 0.6 is 0 Å². The van der Waals surface area contributed by atoms with Crippen molar-refractivity contribution in [1.82, 2.24) is 4.90 Å². The van der Waals surface area contributed by atoms with Crippen LogP contribution in [0.2, 0.25) is 0 Å². The SMILES string of the molecule is C=CCN1C(=O)c2oc3ccccc3c(=O)c2C1c1ccc(C(=O)OC)cc1. The van der Waals surface area contributed by atoms with Gasteiger partial charge in [-0.05, 0) is 29.8 Å². The van der Waals surface area contributed by atoms with Gasteiger partial charge in [0.25, 0.3) is 5.91 Å². The lowest BCUT2D eigenvalue weighted by molar-refractivity contribution is 0.0600. The van der Waals surface area contributed by atoms with Crippen molar-refractivity contribution in [3.05, 3.63) is 93.9 Å². The minimum Gasteiger partial charge on any atom is -0.465 e. The first-order chi connectivity index (χ1) is 13.6. The Morgan fingerprint density at radius 1 is 1.18 bits per heavy atom. The molecule has 4 rings (SSSR count). The Labute approximate surface area is 160 Å². The Balaban J connectivity index is 1.92. The zero-order valence-electron chi connectivity index (χ0n) is 15.2. The molecule has 0 radical (unpaired) electrons. The van der Waals surface area contributed by atoms with Gasteiger partial charge in [0, 0.05) is 6.54 Å². The molecule has 1 aliphatic heterocycles. The van der Waals surface area contributed by atoms with Crippen LogP contribution in [0.15, 0.2) is 70.4 Å². The third-order valence-corrected chi connectivity index (χ3v) is 4.85. The van der Waals surface area contributed by atoms with Gasteiger partial charge in [-0.15, -0.1) is 6.58 Å². The lowest BCUT2D eigenvalue weighted by Gasteiger charge is -2.23. The summed E-state index contributed by atoms with van der Waals surface area (Å²) in [7, 11) is 1.31. The first-order valence-corrected chi connectivity index (χ1v) is 8.72. The topological polar surface area (TPSA) is 76.8 Å². The van der Waals surface area contributed by atoms with E-state index >= 15 is 0 Å². The summed E-state index contributed by atoms with van der Waals surface area (Å²) in [5.74, 6) is -0.768. The lowest BCUT2D eigenvalue weighted by atomic mass is 9.97. The van der Waals surface area contributed by atoms with Crippen molar-refractivity contribution >= 4 is 22.8 Å². The Bertz CT molecular complexity index is 1160. The highest BCUT2D eigenvalue weighted by Gasteiger charge is 2.42. The number of amides is 1. The maximum atomic E-state index is 13.2. The van der Waals surface area contributed by atoms with E-state index in [4.69, 9.17) is 9.15 Å². The molecule has 0 spiro atoms. The van der Waals surface area contributed by atoms with Gasteiger partial charge in [0.2, 0.25) is 5.76 Å². The normalized spacial score (nSPS) is 15.5. The number of para-hydroxylation sites is 1. The molecule has 0 saturated heterocycles. The van der Waals surface area contributed by atoms with E-state index in [9.17, 15) is 14.4 Å². The van der Waals surface area contributed by atoms with Crippen LogP contribution in [0.4, 0.5) is 0 Å². The molecule has 0 N–H and O–H groups in total. The van der Waals surface area contributed by atoms with Crippen LogP contribution in [0.5, 0.6) is 0 Å². The molecule has 1 aliphatic rings. The molecule has 2 heterocycles. The van der Waals surface area contributed by atoms with E-state index in [1.54, 1.807) is 54.6 Å². The summed E-state index contributed by atoms with van der Waals surface area (Å²) in [6, 6.07) is 12.9. The van der Waals surface area contributed by atoms with Crippen molar-refractivity contribution in [1.29, 1.82) is 0 Å². The molecule has 3 aromatic rings. The standard InChI is InChI=1S/C22H17NO5/c1-3-12-23-18(13-8-10-14(11-9-13)22(26)27-2)17-19(24)15-6-4-5-7-16(15)28-20(17)21(23)25/h3-11,18H,1,12H2,2H3. The first-order valence-electron chi connectivity index (χ1n) is 8.72. The quantitative estimate of drug-likeness (QED) is 0.516. The van der Waals surface area contributed by atoms with Crippen LogP contribution in [0.1, 0.15) is 38.1 Å². The largest absolute Gasteiger partial charge is 0.465 e. The summed E-state index contributed by atoms with van der Waals surface area (Å²) >= 11 is 0. The third-order valence-electron chi connectivity index (χ3n) is 4.85. The second-order valence-electron chi connectivity index (χ2n) is 6.43. The van der Waals surface area contributed by atoms with Gasteiger partial charge in [-0.2, -0.15) is 0 Å². The van der Waals surface area contributed by atoms with E-state index in [-0.39, 0.29) is 23.6 Å². The summed E-state index contributed by atoms with van der Waals surface area (Å²) in [5.41, 5.74) is 1.52. The molecule has 6 nitrogen and oxygen atoms in total. The van der Waals surface area contributed by atoms with Crippen molar-refractivity contribution in [3.63, 3.8) is 0 Å². The number of carbonyl (C=O) groups is 2. The van der Waals surface area contributed by atoms with Crippen molar-refractivity contribution in [3.8, 4) is 0 Å². The number of carbonyl (C=O) groups excluding carboxylic acids is 2. The summed E-state index contributed by atoms with van der Waals surface area (Å²) < 4.78 is 10.5. The summed E-state index contributed by atoms with van der Waals surface area (Å²) in [6.45, 7) is 3.96. The predicted molar refractivity (Wildman–Crippen MR) is 103 cm³/mol. The van der Waals surface area contributed by atoms with Gasteiger partial charge in [0.05, 0.1) is 29.7 Å². The summed E-state index contributed by atoms with van der Waals surface area (Å²) in [4.78, 5) is 39.4. The number of fused-ring (bicyclic) bond motifs is 2. The van der Waals surface area contributed by atoms with E-state index in [0.717, 1.165) is 0 Å². The fourth-order valence-corrected chi connectivity index (χ4v) is 3.56. The van der Waals surface area contributed by atoms with Crippen molar-refractivity contribution in [2.24, 2.45) is 0 Å². The van der Waals surface area contributed by atoms with E-state index in [1.165, 1.54) is 12.0 Å². The number of esters is 1.